The van der Waals surface area contributed by atoms with Gasteiger partial charge < -0.3 is 10.6 Å². The molecule has 2 N–H and O–H groups in total. The molecule has 3 heterocycles. The van der Waals surface area contributed by atoms with Crippen molar-refractivity contribution in [3.05, 3.63) is 112 Å². The molecular weight excluding hydrogens is 504 g/mol. The number of para-hydroxylation sites is 1. The molecule has 3 aromatic heterocycles. The van der Waals surface area contributed by atoms with E-state index in [0.717, 1.165) is 32.5 Å². The molecule has 6 nitrogen and oxygen atoms in total. The fourth-order valence-corrected chi connectivity index (χ4v) is 5.11. The summed E-state index contributed by atoms with van der Waals surface area (Å²) in [7, 11) is 0. The quantitative estimate of drug-likeness (QED) is 0.261. The summed E-state index contributed by atoms with van der Waals surface area (Å²) in [5, 5.41) is 7.25. The number of hydrogen-bond donors (Lipinski definition) is 2. The highest BCUT2D eigenvalue weighted by molar-refractivity contribution is 7.16. The molecule has 5 aromatic rings. The molecule has 2 aromatic carbocycles. The van der Waals surface area contributed by atoms with Gasteiger partial charge in [0.2, 0.25) is 0 Å². The minimum Gasteiger partial charge on any atom is -0.348 e. The van der Waals surface area contributed by atoms with Gasteiger partial charge in [-0.25, -0.2) is 4.98 Å². The van der Waals surface area contributed by atoms with Gasteiger partial charge in [0, 0.05) is 34.8 Å². The molecule has 37 heavy (non-hydrogen) atoms. The predicted octanol–water partition coefficient (Wildman–Crippen LogP) is 6.58. The maximum absolute atomic E-state index is 13.6. The Bertz CT molecular complexity index is 1570. The lowest BCUT2D eigenvalue weighted by Crippen LogP contribution is -2.25. The standard InChI is InChI=1S/C29H24N4O2S.ClH/c1-18-19(2)36-29(26(18)28(35)31-17-20-9-8-14-30-16-20)33-27(34)23-15-25(21-10-4-3-5-11-21)32-24-13-7-6-12-22(23)24;/h3-16H,17H2,1-2H3,(H,31,35)(H,33,34);1H. The van der Waals surface area contributed by atoms with Crippen molar-refractivity contribution in [2.24, 2.45) is 0 Å². The van der Waals surface area contributed by atoms with Crippen LogP contribution >= 0.6 is 23.7 Å². The largest absolute Gasteiger partial charge is 0.348 e. The van der Waals surface area contributed by atoms with E-state index in [1.807, 2.05) is 86.6 Å². The summed E-state index contributed by atoms with van der Waals surface area (Å²) in [6.07, 6.45) is 3.41. The molecule has 0 radical (unpaired) electrons. The molecule has 0 aliphatic rings. The van der Waals surface area contributed by atoms with Crippen molar-refractivity contribution in [1.82, 2.24) is 15.3 Å². The highest BCUT2D eigenvalue weighted by atomic mass is 35.5. The van der Waals surface area contributed by atoms with Crippen LogP contribution in [0.25, 0.3) is 22.2 Å². The Kier molecular flexibility index (Phi) is 7.96. The molecule has 0 saturated carbocycles. The van der Waals surface area contributed by atoms with Crippen LogP contribution in [0.4, 0.5) is 5.00 Å². The fraction of sp³-hybridized carbons (Fsp3) is 0.103. The van der Waals surface area contributed by atoms with Gasteiger partial charge in [-0.15, -0.1) is 23.7 Å². The van der Waals surface area contributed by atoms with Crippen LogP contribution in [0.3, 0.4) is 0 Å². The number of thiophene rings is 1. The Morgan fingerprint density at radius 1 is 0.919 bits per heavy atom. The third kappa shape index (κ3) is 5.53. The number of aryl methyl sites for hydroxylation is 1. The first-order chi connectivity index (χ1) is 17.5. The molecule has 2 amide bonds. The first-order valence-corrected chi connectivity index (χ1v) is 12.4. The summed E-state index contributed by atoms with van der Waals surface area (Å²) in [5.41, 5.74) is 5.11. The number of pyridine rings is 2. The number of carbonyl (C=O) groups is 2. The first kappa shape index (κ1) is 26.0. The highest BCUT2D eigenvalue weighted by Gasteiger charge is 2.22. The van der Waals surface area contributed by atoms with E-state index in [1.54, 1.807) is 12.4 Å². The molecule has 0 atom stereocenters. The van der Waals surface area contributed by atoms with Crippen molar-refractivity contribution in [3.63, 3.8) is 0 Å². The zero-order valence-corrected chi connectivity index (χ0v) is 22.0. The number of anilines is 1. The predicted molar refractivity (Wildman–Crippen MR) is 152 cm³/mol. The minimum atomic E-state index is -0.284. The number of halogens is 1. The summed E-state index contributed by atoms with van der Waals surface area (Å²) in [6, 6.07) is 22.9. The maximum Gasteiger partial charge on any atom is 0.257 e. The SMILES string of the molecule is Cc1sc(NC(=O)c2cc(-c3ccccc3)nc3ccccc23)c(C(=O)NCc2cccnc2)c1C.Cl. The average molecular weight is 529 g/mol. The molecule has 0 spiro atoms. The molecule has 0 aliphatic heterocycles. The van der Waals surface area contributed by atoms with E-state index >= 15 is 0 Å². The van der Waals surface area contributed by atoms with E-state index in [0.29, 0.717) is 28.4 Å². The Morgan fingerprint density at radius 2 is 1.68 bits per heavy atom. The second-order valence-corrected chi connectivity index (χ2v) is 9.65. The number of hydrogen-bond acceptors (Lipinski definition) is 5. The van der Waals surface area contributed by atoms with E-state index in [9.17, 15) is 9.59 Å². The summed E-state index contributed by atoms with van der Waals surface area (Å²) in [5.74, 6) is -0.520. The Labute approximate surface area is 225 Å². The number of amides is 2. The number of benzene rings is 2. The Hall–Kier alpha value is -4.07. The van der Waals surface area contributed by atoms with E-state index in [4.69, 9.17) is 4.98 Å². The van der Waals surface area contributed by atoms with Crippen molar-refractivity contribution < 1.29 is 9.59 Å². The Balaban J connectivity index is 0.00000320. The zero-order valence-electron chi connectivity index (χ0n) is 20.3. The van der Waals surface area contributed by atoms with Gasteiger partial charge in [0.05, 0.1) is 22.3 Å². The monoisotopic (exact) mass is 528 g/mol. The highest BCUT2D eigenvalue weighted by Crippen LogP contribution is 2.34. The first-order valence-electron chi connectivity index (χ1n) is 11.5. The summed E-state index contributed by atoms with van der Waals surface area (Å²) < 4.78 is 0. The van der Waals surface area contributed by atoms with Crippen molar-refractivity contribution >= 4 is 51.5 Å². The van der Waals surface area contributed by atoms with Crippen molar-refractivity contribution in [3.8, 4) is 11.3 Å². The number of carbonyl (C=O) groups excluding carboxylic acids is 2. The molecule has 0 aliphatic carbocycles. The third-order valence-electron chi connectivity index (χ3n) is 6.05. The van der Waals surface area contributed by atoms with Gasteiger partial charge in [-0.05, 0) is 43.2 Å². The fourth-order valence-electron chi connectivity index (χ4n) is 4.05. The van der Waals surface area contributed by atoms with Gasteiger partial charge in [-0.3, -0.25) is 14.6 Å². The average Bonchev–Trinajstić information content (AvgIpc) is 3.20. The molecule has 5 rings (SSSR count). The van der Waals surface area contributed by atoms with Crippen LogP contribution in [0.15, 0.2) is 85.2 Å². The van der Waals surface area contributed by atoms with Crippen molar-refractivity contribution in [1.29, 1.82) is 0 Å². The van der Waals surface area contributed by atoms with E-state index < -0.39 is 0 Å². The topological polar surface area (TPSA) is 84.0 Å². The minimum absolute atomic E-state index is 0. The lowest BCUT2D eigenvalue weighted by atomic mass is 10.0. The van der Waals surface area contributed by atoms with Gasteiger partial charge in [-0.2, -0.15) is 0 Å². The number of nitrogens with zero attached hydrogens (tertiary/aromatic N) is 2. The van der Waals surface area contributed by atoms with Crippen LogP contribution in [0.1, 0.15) is 36.7 Å². The number of fused-ring (bicyclic) bond motifs is 1. The van der Waals surface area contributed by atoms with Crippen molar-refractivity contribution in [2.75, 3.05) is 5.32 Å². The summed E-state index contributed by atoms with van der Waals surface area (Å²) >= 11 is 1.40. The molecular formula is C29H25ClN4O2S. The van der Waals surface area contributed by atoms with Crippen LogP contribution < -0.4 is 10.6 Å². The van der Waals surface area contributed by atoms with Gasteiger partial charge in [0.25, 0.3) is 11.8 Å². The second kappa shape index (κ2) is 11.3. The summed E-state index contributed by atoms with van der Waals surface area (Å²) in [4.78, 5) is 36.6. The van der Waals surface area contributed by atoms with Gasteiger partial charge in [-0.1, -0.05) is 54.6 Å². The lowest BCUT2D eigenvalue weighted by Gasteiger charge is -2.12. The second-order valence-electron chi connectivity index (χ2n) is 8.42. The molecule has 0 unspecified atom stereocenters. The van der Waals surface area contributed by atoms with E-state index in [-0.39, 0.29) is 24.2 Å². The molecule has 186 valence electrons. The third-order valence-corrected chi connectivity index (χ3v) is 7.17. The van der Waals surface area contributed by atoms with E-state index in [1.165, 1.54) is 11.3 Å². The molecule has 0 bridgehead atoms. The zero-order chi connectivity index (χ0) is 25.1. The number of rotatable bonds is 6. The van der Waals surface area contributed by atoms with Gasteiger partial charge >= 0.3 is 0 Å². The number of nitrogens with one attached hydrogen (secondary N) is 2. The lowest BCUT2D eigenvalue weighted by molar-refractivity contribution is 0.0951. The van der Waals surface area contributed by atoms with Crippen LogP contribution in [-0.4, -0.2) is 21.8 Å². The van der Waals surface area contributed by atoms with Crippen LogP contribution in [0.2, 0.25) is 0 Å². The van der Waals surface area contributed by atoms with Gasteiger partial charge in [0.1, 0.15) is 5.00 Å². The van der Waals surface area contributed by atoms with Crippen LogP contribution in [0, 0.1) is 13.8 Å². The molecule has 0 saturated heterocycles. The van der Waals surface area contributed by atoms with Crippen LogP contribution in [-0.2, 0) is 6.54 Å². The smallest absolute Gasteiger partial charge is 0.257 e. The summed E-state index contributed by atoms with van der Waals surface area (Å²) in [6.45, 7) is 4.20. The van der Waals surface area contributed by atoms with E-state index in [2.05, 4.69) is 15.6 Å². The maximum atomic E-state index is 13.6. The van der Waals surface area contributed by atoms with Crippen molar-refractivity contribution in [2.45, 2.75) is 20.4 Å². The molecule has 8 heteroatoms. The normalized spacial score (nSPS) is 10.5. The Morgan fingerprint density at radius 3 is 2.43 bits per heavy atom. The van der Waals surface area contributed by atoms with Crippen LogP contribution in [0.5, 0.6) is 0 Å². The van der Waals surface area contributed by atoms with Gasteiger partial charge in [0.15, 0.2) is 0 Å². The number of aromatic nitrogens is 2. The molecule has 0 fully saturated rings.